The van der Waals surface area contributed by atoms with Gasteiger partial charge in [0.25, 0.3) is 11.5 Å². The van der Waals surface area contributed by atoms with Crippen LogP contribution in [0.25, 0.3) is 0 Å². The minimum atomic E-state index is -1.13. The number of amides is 1. The Labute approximate surface area is 142 Å². The number of pyridine rings is 1. The number of carbonyl (C=O) groups excluding carboxylic acids is 1. The molecule has 0 saturated carbocycles. The number of hydrogen-bond acceptors (Lipinski definition) is 3. The molecule has 3 rings (SSSR count). The van der Waals surface area contributed by atoms with Crippen LogP contribution < -0.4 is 5.56 Å². The Hall–Kier alpha value is -2.54. The first-order valence-electron chi connectivity index (χ1n) is 8.07. The zero-order valence-corrected chi connectivity index (χ0v) is 13.4. The van der Waals surface area contributed by atoms with Gasteiger partial charge in [0, 0.05) is 24.8 Å². The minimum Gasteiger partial charge on any atom is -0.388 e. The van der Waals surface area contributed by atoms with Gasteiger partial charge < -0.3 is 15.0 Å². The van der Waals surface area contributed by atoms with Gasteiger partial charge in [0.05, 0.1) is 6.10 Å². The maximum absolute atomic E-state index is 13.8. The number of hydrogen-bond donors (Lipinski definition) is 2. The topological polar surface area (TPSA) is 73.4 Å². The third-order valence-corrected chi connectivity index (χ3v) is 4.60. The molecule has 7 heteroatoms. The molecule has 0 spiro atoms. The number of carbonyl (C=O) groups is 1. The van der Waals surface area contributed by atoms with Gasteiger partial charge in [-0.2, -0.15) is 0 Å². The molecule has 1 fully saturated rings. The number of piperidine rings is 1. The fraction of sp³-hybridized carbons (Fsp3) is 0.333. The van der Waals surface area contributed by atoms with Crippen LogP contribution in [0.3, 0.4) is 0 Å². The van der Waals surface area contributed by atoms with Crippen LogP contribution in [0.4, 0.5) is 8.78 Å². The van der Waals surface area contributed by atoms with Gasteiger partial charge in [-0.3, -0.25) is 9.59 Å². The van der Waals surface area contributed by atoms with E-state index < -0.39 is 23.3 Å². The molecule has 1 unspecified atom stereocenters. The number of aliphatic hydroxyl groups is 1. The standard InChI is InChI=1S/C18H18F2N2O3/c19-12-3-4-15(20)14(10-12)16(23)11-5-8-22(9-6-11)18(25)13-2-1-7-21-17(13)24/h1-4,7,10-11,16,23H,5-6,8-9H2,(H,21,24). The monoisotopic (exact) mass is 348 g/mol. The predicted molar refractivity (Wildman–Crippen MR) is 87.0 cm³/mol. The zero-order chi connectivity index (χ0) is 18.0. The van der Waals surface area contributed by atoms with Crippen molar-refractivity contribution < 1.29 is 18.7 Å². The maximum Gasteiger partial charge on any atom is 0.260 e. The highest BCUT2D eigenvalue weighted by Crippen LogP contribution is 2.32. The number of rotatable bonds is 3. The van der Waals surface area contributed by atoms with E-state index in [0.29, 0.717) is 25.9 Å². The molecule has 5 nitrogen and oxygen atoms in total. The predicted octanol–water partition coefficient (Wildman–Crippen LogP) is 2.24. The summed E-state index contributed by atoms with van der Waals surface area (Å²) in [5.41, 5.74) is -0.446. The van der Waals surface area contributed by atoms with Crippen molar-refractivity contribution in [2.75, 3.05) is 13.1 Å². The third kappa shape index (κ3) is 3.61. The van der Waals surface area contributed by atoms with Gasteiger partial charge in [0.15, 0.2) is 0 Å². The Kier molecular flexibility index (Phi) is 4.94. The molecule has 0 aliphatic carbocycles. The molecule has 1 aliphatic heterocycles. The number of likely N-dealkylation sites (tertiary alicyclic amines) is 1. The highest BCUT2D eigenvalue weighted by atomic mass is 19.1. The second kappa shape index (κ2) is 7.14. The van der Waals surface area contributed by atoms with Crippen LogP contribution in [-0.2, 0) is 0 Å². The van der Waals surface area contributed by atoms with E-state index in [0.717, 1.165) is 18.2 Å². The largest absolute Gasteiger partial charge is 0.388 e. The van der Waals surface area contributed by atoms with Gasteiger partial charge >= 0.3 is 0 Å². The zero-order valence-electron chi connectivity index (χ0n) is 13.4. The number of aromatic amines is 1. The molecule has 2 heterocycles. The highest BCUT2D eigenvalue weighted by molar-refractivity contribution is 5.93. The molecule has 0 radical (unpaired) electrons. The lowest BCUT2D eigenvalue weighted by atomic mass is 9.87. The van der Waals surface area contributed by atoms with Crippen molar-refractivity contribution >= 4 is 5.91 Å². The quantitative estimate of drug-likeness (QED) is 0.893. The Morgan fingerprint density at radius 2 is 1.96 bits per heavy atom. The lowest BCUT2D eigenvalue weighted by molar-refractivity contribution is 0.0447. The number of aromatic nitrogens is 1. The van der Waals surface area contributed by atoms with E-state index in [1.165, 1.54) is 17.2 Å². The molecule has 1 saturated heterocycles. The highest BCUT2D eigenvalue weighted by Gasteiger charge is 2.30. The molecular weight excluding hydrogens is 330 g/mol. The van der Waals surface area contributed by atoms with Crippen molar-refractivity contribution in [1.29, 1.82) is 0 Å². The van der Waals surface area contributed by atoms with Crippen LogP contribution in [0.2, 0.25) is 0 Å². The van der Waals surface area contributed by atoms with Crippen LogP contribution in [0, 0.1) is 17.6 Å². The molecule has 1 aromatic heterocycles. The normalized spacial score (nSPS) is 16.7. The lowest BCUT2D eigenvalue weighted by Gasteiger charge is -2.34. The van der Waals surface area contributed by atoms with Crippen molar-refractivity contribution in [2.45, 2.75) is 18.9 Å². The molecule has 2 aromatic rings. The van der Waals surface area contributed by atoms with Crippen LogP contribution in [0.1, 0.15) is 34.9 Å². The minimum absolute atomic E-state index is 0.0655. The van der Waals surface area contributed by atoms with Gasteiger partial charge in [0.1, 0.15) is 17.2 Å². The fourth-order valence-electron chi connectivity index (χ4n) is 3.17. The smallest absolute Gasteiger partial charge is 0.260 e. The summed E-state index contributed by atoms with van der Waals surface area (Å²) in [4.78, 5) is 28.1. The fourth-order valence-corrected chi connectivity index (χ4v) is 3.17. The second-order valence-electron chi connectivity index (χ2n) is 6.15. The molecule has 0 bridgehead atoms. The Morgan fingerprint density at radius 1 is 1.24 bits per heavy atom. The number of aliphatic hydroxyl groups excluding tert-OH is 1. The first kappa shape index (κ1) is 17.3. The Bertz CT molecular complexity index is 829. The molecule has 1 aliphatic rings. The van der Waals surface area contributed by atoms with Crippen LogP contribution in [0.15, 0.2) is 41.3 Å². The first-order chi connectivity index (χ1) is 12.0. The number of H-pyrrole nitrogens is 1. The van der Waals surface area contributed by atoms with Crippen molar-refractivity contribution in [3.63, 3.8) is 0 Å². The summed E-state index contributed by atoms with van der Waals surface area (Å²) in [6.07, 6.45) is 1.20. The molecule has 132 valence electrons. The van der Waals surface area contributed by atoms with Crippen molar-refractivity contribution in [2.24, 2.45) is 5.92 Å². The summed E-state index contributed by atoms with van der Waals surface area (Å²) < 4.78 is 27.1. The summed E-state index contributed by atoms with van der Waals surface area (Å²) in [5.74, 6) is -1.91. The van der Waals surface area contributed by atoms with E-state index in [4.69, 9.17) is 0 Å². The second-order valence-corrected chi connectivity index (χ2v) is 6.15. The average Bonchev–Trinajstić information content (AvgIpc) is 2.63. The number of halogens is 2. The molecule has 2 N–H and O–H groups in total. The summed E-state index contributed by atoms with van der Waals surface area (Å²) in [7, 11) is 0. The van der Waals surface area contributed by atoms with E-state index in [2.05, 4.69) is 4.98 Å². The van der Waals surface area contributed by atoms with E-state index in [9.17, 15) is 23.5 Å². The first-order valence-corrected chi connectivity index (χ1v) is 8.07. The lowest BCUT2D eigenvalue weighted by Crippen LogP contribution is -2.41. The van der Waals surface area contributed by atoms with Crippen LogP contribution in [-0.4, -0.2) is 34.0 Å². The summed E-state index contributed by atoms with van der Waals surface area (Å²) in [6.45, 7) is 0.678. The van der Waals surface area contributed by atoms with E-state index in [1.54, 1.807) is 6.07 Å². The maximum atomic E-state index is 13.8. The molecule has 1 aromatic carbocycles. The van der Waals surface area contributed by atoms with E-state index >= 15 is 0 Å². The van der Waals surface area contributed by atoms with Gasteiger partial charge in [-0.1, -0.05) is 0 Å². The molecule has 1 atom stereocenters. The van der Waals surface area contributed by atoms with Crippen LogP contribution >= 0.6 is 0 Å². The molecular formula is C18H18F2N2O3. The van der Waals surface area contributed by atoms with Gasteiger partial charge in [-0.05, 0) is 49.1 Å². The number of nitrogens with one attached hydrogen (secondary N) is 1. The van der Waals surface area contributed by atoms with Gasteiger partial charge in [0.2, 0.25) is 0 Å². The summed E-state index contributed by atoms with van der Waals surface area (Å²) in [5, 5.41) is 10.4. The number of benzene rings is 1. The Balaban J connectivity index is 1.67. The number of nitrogens with zero attached hydrogens (tertiary/aromatic N) is 1. The molecule has 1 amide bonds. The van der Waals surface area contributed by atoms with Crippen LogP contribution in [0.5, 0.6) is 0 Å². The SMILES string of the molecule is O=C(c1ccc[nH]c1=O)N1CCC(C(O)c2cc(F)ccc2F)CC1. The van der Waals surface area contributed by atoms with Gasteiger partial charge in [-0.15, -0.1) is 0 Å². The van der Waals surface area contributed by atoms with Crippen molar-refractivity contribution in [3.8, 4) is 0 Å². The Morgan fingerprint density at radius 3 is 2.64 bits per heavy atom. The summed E-state index contributed by atoms with van der Waals surface area (Å²) >= 11 is 0. The van der Waals surface area contributed by atoms with Crippen molar-refractivity contribution in [3.05, 3.63) is 69.6 Å². The summed E-state index contributed by atoms with van der Waals surface area (Å²) in [6, 6.07) is 6.04. The van der Waals surface area contributed by atoms with E-state index in [-0.39, 0.29) is 23.0 Å². The van der Waals surface area contributed by atoms with Crippen molar-refractivity contribution in [1.82, 2.24) is 9.88 Å². The van der Waals surface area contributed by atoms with Gasteiger partial charge in [-0.25, -0.2) is 8.78 Å². The molecule has 25 heavy (non-hydrogen) atoms. The average molecular weight is 348 g/mol. The third-order valence-electron chi connectivity index (χ3n) is 4.60. The van der Waals surface area contributed by atoms with E-state index in [1.807, 2.05) is 0 Å².